The summed E-state index contributed by atoms with van der Waals surface area (Å²) in [4.78, 5) is 30.5. The predicted molar refractivity (Wildman–Crippen MR) is 108 cm³/mol. The van der Waals surface area contributed by atoms with E-state index < -0.39 is 11.9 Å². The molecular formula is C23H28N2O4. The number of allylic oxidation sites excluding steroid dienone is 3. The number of esters is 1. The number of ether oxygens (including phenoxy) is 2. The van der Waals surface area contributed by atoms with Gasteiger partial charge in [0.1, 0.15) is 6.61 Å². The molecule has 4 rings (SSSR count). The Morgan fingerprint density at radius 3 is 2.90 bits per heavy atom. The van der Waals surface area contributed by atoms with Crippen molar-refractivity contribution in [3.8, 4) is 0 Å². The molecule has 0 saturated carbocycles. The molecule has 1 aromatic heterocycles. The first-order valence-corrected chi connectivity index (χ1v) is 10.3. The van der Waals surface area contributed by atoms with Gasteiger partial charge in [-0.15, -0.1) is 0 Å². The molecule has 1 N–H and O–H groups in total. The van der Waals surface area contributed by atoms with Crippen LogP contribution in [-0.2, 0) is 19.1 Å². The fourth-order valence-electron chi connectivity index (χ4n) is 4.61. The molecule has 6 nitrogen and oxygen atoms in total. The highest BCUT2D eigenvalue weighted by atomic mass is 16.6. The molecule has 1 aliphatic carbocycles. The van der Waals surface area contributed by atoms with Gasteiger partial charge in [0.15, 0.2) is 5.78 Å². The van der Waals surface area contributed by atoms with Gasteiger partial charge in [-0.25, -0.2) is 4.79 Å². The van der Waals surface area contributed by atoms with Crippen molar-refractivity contribution in [1.82, 2.24) is 10.3 Å². The van der Waals surface area contributed by atoms with E-state index in [1.807, 2.05) is 19.1 Å². The lowest BCUT2D eigenvalue weighted by atomic mass is 9.69. The van der Waals surface area contributed by atoms with Crippen molar-refractivity contribution in [2.45, 2.75) is 58.5 Å². The fraction of sp³-hybridized carbons (Fsp3) is 0.522. The summed E-state index contributed by atoms with van der Waals surface area (Å²) in [5.74, 6) is -0.779. The summed E-state index contributed by atoms with van der Waals surface area (Å²) in [6.07, 6.45) is 6.50. The molecule has 0 spiro atoms. The summed E-state index contributed by atoms with van der Waals surface area (Å²) in [5, 5.41) is 3.35. The molecule has 2 unspecified atom stereocenters. The number of aromatic nitrogens is 1. The maximum absolute atomic E-state index is 13.2. The summed E-state index contributed by atoms with van der Waals surface area (Å²) in [6, 6.07) is 3.75. The van der Waals surface area contributed by atoms with Crippen LogP contribution in [0.5, 0.6) is 0 Å². The van der Waals surface area contributed by atoms with Gasteiger partial charge in [-0.1, -0.05) is 19.9 Å². The Hall–Kier alpha value is -2.47. The average Bonchev–Trinajstić information content (AvgIpc) is 3.18. The van der Waals surface area contributed by atoms with Crippen molar-refractivity contribution in [3.63, 3.8) is 0 Å². The Labute approximate surface area is 171 Å². The van der Waals surface area contributed by atoms with Crippen LogP contribution >= 0.6 is 0 Å². The first-order chi connectivity index (χ1) is 13.9. The third kappa shape index (κ3) is 3.99. The van der Waals surface area contributed by atoms with E-state index in [9.17, 15) is 9.59 Å². The van der Waals surface area contributed by atoms with Crippen LogP contribution in [0.3, 0.4) is 0 Å². The number of carbonyl (C=O) groups excluding carboxylic acids is 2. The van der Waals surface area contributed by atoms with Crippen molar-refractivity contribution >= 4 is 11.8 Å². The van der Waals surface area contributed by atoms with Crippen LogP contribution < -0.4 is 5.32 Å². The van der Waals surface area contributed by atoms with E-state index in [1.165, 1.54) is 0 Å². The molecule has 29 heavy (non-hydrogen) atoms. The van der Waals surface area contributed by atoms with Crippen molar-refractivity contribution in [2.24, 2.45) is 5.41 Å². The predicted octanol–water partition coefficient (Wildman–Crippen LogP) is 3.41. The van der Waals surface area contributed by atoms with Gasteiger partial charge < -0.3 is 14.8 Å². The Kier molecular flexibility index (Phi) is 5.30. The number of dihydropyridines is 1. The number of hydrogen-bond donors (Lipinski definition) is 1. The number of Topliss-reactive ketones (excluding diaryl/α,β-unsaturated/α-hetero) is 1. The molecule has 3 aliphatic rings. The van der Waals surface area contributed by atoms with Gasteiger partial charge in [0.2, 0.25) is 0 Å². The summed E-state index contributed by atoms with van der Waals surface area (Å²) in [5.41, 5.74) is 3.53. The van der Waals surface area contributed by atoms with Gasteiger partial charge in [-0.05, 0) is 43.2 Å². The Bertz CT molecular complexity index is 879. The maximum atomic E-state index is 13.2. The highest BCUT2D eigenvalue weighted by molar-refractivity contribution is 6.04. The lowest BCUT2D eigenvalue weighted by Gasteiger charge is -2.39. The van der Waals surface area contributed by atoms with Gasteiger partial charge in [0, 0.05) is 48.3 Å². The van der Waals surface area contributed by atoms with Crippen molar-refractivity contribution in [1.29, 1.82) is 0 Å². The van der Waals surface area contributed by atoms with E-state index in [4.69, 9.17) is 9.47 Å². The number of nitrogens with zero attached hydrogens (tertiary/aromatic N) is 1. The van der Waals surface area contributed by atoms with E-state index in [0.717, 1.165) is 36.2 Å². The zero-order valence-corrected chi connectivity index (χ0v) is 17.3. The number of pyridine rings is 1. The number of rotatable bonds is 4. The summed E-state index contributed by atoms with van der Waals surface area (Å²) < 4.78 is 11.2. The second-order valence-electron chi connectivity index (χ2n) is 8.95. The van der Waals surface area contributed by atoms with Crippen LogP contribution in [0.15, 0.2) is 47.1 Å². The molecule has 1 aromatic rings. The van der Waals surface area contributed by atoms with Crippen LogP contribution in [0.4, 0.5) is 0 Å². The molecule has 1 saturated heterocycles. The second kappa shape index (κ2) is 7.75. The van der Waals surface area contributed by atoms with Crippen LogP contribution in [0.2, 0.25) is 0 Å². The minimum Gasteiger partial charge on any atom is -0.459 e. The quantitative estimate of drug-likeness (QED) is 0.786. The summed E-state index contributed by atoms with van der Waals surface area (Å²) in [7, 11) is 0. The highest BCUT2D eigenvalue weighted by Crippen LogP contribution is 2.46. The number of ketones is 1. The third-order valence-corrected chi connectivity index (χ3v) is 5.90. The SMILES string of the molecule is CC1=C(C(=O)OCC2CCCO2)C(c2cccnc2)C2=C(CC(C)(C)CC2=O)N1. The first-order valence-electron chi connectivity index (χ1n) is 10.3. The first kappa shape index (κ1) is 19.8. The molecule has 2 atom stereocenters. The van der Waals surface area contributed by atoms with Crippen LogP contribution in [0.25, 0.3) is 0 Å². The normalized spacial score (nSPS) is 26.2. The van der Waals surface area contributed by atoms with Crippen molar-refractivity contribution < 1.29 is 19.1 Å². The molecule has 0 aromatic carbocycles. The fourth-order valence-corrected chi connectivity index (χ4v) is 4.61. The molecule has 0 bridgehead atoms. The molecule has 0 amide bonds. The Morgan fingerprint density at radius 1 is 1.38 bits per heavy atom. The van der Waals surface area contributed by atoms with Crippen molar-refractivity contribution in [2.75, 3.05) is 13.2 Å². The molecule has 6 heteroatoms. The molecule has 3 heterocycles. The zero-order valence-electron chi connectivity index (χ0n) is 17.3. The standard InChI is InChI=1S/C23H28N2O4/c1-14-19(22(27)29-13-16-7-5-9-28-16)20(15-6-4-8-24-12-15)21-17(25-14)10-23(2,3)11-18(21)26/h4,6,8,12,16,20,25H,5,7,9-11,13H2,1-3H3. The molecule has 1 fully saturated rings. The smallest absolute Gasteiger partial charge is 0.336 e. The van der Waals surface area contributed by atoms with E-state index in [2.05, 4.69) is 24.1 Å². The van der Waals surface area contributed by atoms with Gasteiger partial charge in [0.05, 0.1) is 11.7 Å². The van der Waals surface area contributed by atoms with E-state index >= 15 is 0 Å². The van der Waals surface area contributed by atoms with Gasteiger partial charge in [-0.2, -0.15) is 0 Å². The zero-order chi connectivity index (χ0) is 20.6. The van der Waals surface area contributed by atoms with E-state index in [-0.39, 0.29) is 23.9 Å². The largest absolute Gasteiger partial charge is 0.459 e. The molecule has 0 radical (unpaired) electrons. The van der Waals surface area contributed by atoms with Crippen LogP contribution in [0.1, 0.15) is 57.9 Å². The minimum atomic E-state index is -0.458. The number of carbonyl (C=O) groups is 2. The Morgan fingerprint density at radius 2 is 2.21 bits per heavy atom. The number of hydrogen-bond acceptors (Lipinski definition) is 6. The highest BCUT2D eigenvalue weighted by Gasteiger charge is 2.43. The van der Waals surface area contributed by atoms with Gasteiger partial charge >= 0.3 is 5.97 Å². The monoisotopic (exact) mass is 396 g/mol. The van der Waals surface area contributed by atoms with Crippen LogP contribution in [0, 0.1) is 5.41 Å². The number of nitrogens with one attached hydrogen (secondary N) is 1. The van der Waals surface area contributed by atoms with Crippen molar-refractivity contribution in [3.05, 3.63) is 52.6 Å². The summed E-state index contributed by atoms with van der Waals surface area (Å²) in [6.45, 7) is 7.02. The topological polar surface area (TPSA) is 77.5 Å². The summed E-state index contributed by atoms with van der Waals surface area (Å²) >= 11 is 0. The maximum Gasteiger partial charge on any atom is 0.336 e. The molecule has 154 valence electrons. The molecule has 2 aliphatic heterocycles. The average molecular weight is 396 g/mol. The third-order valence-electron chi connectivity index (χ3n) is 5.90. The van der Waals surface area contributed by atoms with Crippen LogP contribution in [-0.4, -0.2) is 36.1 Å². The van der Waals surface area contributed by atoms with E-state index in [1.54, 1.807) is 12.4 Å². The second-order valence-corrected chi connectivity index (χ2v) is 8.95. The van der Waals surface area contributed by atoms with Gasteiger partial charge in [-0.3, -0.25) is 9.78 Å². The lowest BCUT2D eigenvalue weighted by molar-refractivity contribution is -0.142. The lowest BCUT2D eigenvalue weighted by Crippen LogP contribution is -2.39. The van der Waals surface area contributed by atoms with E-state index in [0.29, 0.717) is 24.2 Å². The minimum absolute atomic E-state index is 0.0415. The Balaban J connectivity index is 1.70. The molecular weight excluding hydrogens is 368 g/mol. The van der Waals surface area contributed by atoms with Gasteiger partial charge in [0.25, 0.3) is 0 Å².